The monoisotopic (exact) mass is 294 g/mol. The molecule has 6 nitrogen and oxygen atoms in total. The maximum atomic E-state index is 10.9. The number of imidazole rings is 1. The van der Waals surface area contributed by atoms with E-state index in [2.05, 4.69) is 15.0 Å². The zero-order valence-corrected chi connectivity index (χ0v) is 12.0. The van der Waals surface area contributed by atoms with Crippen molar-refractivity contribution in [2.24, 2.45) is 0 Å². The molecule has 0 aliphatic heterocycles. The van der Waals surface area contributed by atoms with Gasteiger partial charge in [0.2, 0.25) is 0 Å². The average Bonchev–Trinajstić information content (AvgIpc) is 3.05. The Kier molecular flexibility index (Phi) is 3.65. The first-order chi connectivity index (χ1) is 10.7. The molecular formula is C16H14N4O2. The number of carboxylic acids is 1. The summed E-state index contributed by atoms with van der Waals surface area (Å²) in [4.78, 5) is 23.8. The molecule has 0 bridgehead atoms. The molecule has 110 valence electrons. The van der Waals surface area contributed by atoms with Crippen molar-refractivity contribution in [1.82, 2.24) is 19.5 Å². The smallest absolute Gasteiger partial charge is 0.356 e. The van der Waals surface area contributed by atoms with Crippen LogP contribution in [0.15, 0.2) is 48.9 Å². The van der Waals surface area contributed by atoms with E-state index in [-0.39, 0.29) is 5.69 Å². The van der Waals surface area contributed by atoms with E-state index in [1.165, 1.54) is 12.5 Å². The van der Waals surface area contributed by atoms with Crippen LogP contribution < -0.4 is 0 Å². The van der Waals surface area contributed by atoms with E-state index in [0.29, 0.717) is 18.1 Å². The zero-order chi connectivity index (χ0) is 15.5. The largest absolute Gasteiger partial charge is 0.476 e. The highest BCUT2D eigenvalue weighted by Gasteiger charge is 2.11. The van der Waals surface area contributed by atoms with Crippen molar-refractivity contribution < 1.29 is 9.90 Å². The van der Waals surface area contributed by atoms with Gasteiger partial charge in [0.15, 0.2) is 5.69 Å². The molecule has 2 aromatic heterocycles. The molecule has 0 atom stereocenters. The van der Waals surface area contributed by atoms with Gasteiger partial charge in [0.25, 0.3) is 0 Å². The molecule has 0 radical (unpaired) electrons. The topological polar surface area (TPSA) is 80.9 Å². The van der Waals surface area contributed by atoms with Gasteiger partial charge in [0.05, 0.1) is 5.69 Å². The summed E-state index contributed by atoms with van der Waals surface area (Å²) < 4.78 is 1.59. The number of carboxylic acid groups (broad SMARTS) is 1. The van der Waals surface area contributed by atoms with Crippen molar-refractivity contribution in [3.05, 3.63) is 60.4 Å². The Hall–Kier alpha value is -3.02. The number of benzene rings is 1. The summed E-state index contributed by atoms with van der Waals surface area (Å²) in [6.07, 6.45) is 3.58. The Balaban J connectivity index is 2.09. The average molecular weight is 294 g/mol. The lowest BCUT2D eigenvalue weighted by atomic mass is 10.1. The van der Waals surface area contributed by atoms with Gasteiger partial charge in [-0.2, -0.15) is 0 Å². The van der Waals surface area contributed by atoms with E-state index in [9.17, 15) is 4.79 Å². The number of aromatic carboxylic acids is 1. The van der Waals surface area contributed by atoms with Gasteiger partial charge in [-0.1, -0.05) is 37.3 Å². The lowest BCUT2D eigenvalue weighted by molar-refractivity contribution is 0.0691. The highest BCUT2D eigenvalue weighted by molar-refractivity contribution is 5.85. The standard InChI is InChI=1S/C16H14N4O2/c1-2-14-18-12(11-6-4-3-5-7-11)8-15(19-14)20-9-13(16(21)22)17-10-20/h3-10H,2H2,1H3,(H,21,22). The predicted octanol–water partition coefficient (Wildman–Crippen LogP) is 2.59. The molecule has 0 saturated carbocycles. The van der Waals surface area contributed by atoms with Crippen LogP contribution in [0.25, 0.3) is 17.1 Å². The van der Waals surface area contributed by atoms with Gasteiger partial charge >= 0.3 is 5.97 Å². The van der Waals surface area contributed by atoms with Crippen LogP contribution in [0.1, 0.15) is 23.2 Å². The minimum atomic E-state index is -1.06. The minimum Gasteiger partial charge on any atom is -0.476 e. The fourth-order valence-electron chi connectivity index (χ4n) is 2.09. The number of hydrogen-bond donors (Lipinski definition) is 1. The second-order valence-corrected chi connectivity index (χ2v) is 4.72. The van der Waals surface area contributed by atoms with Gasteiger partial charge in [-0.05, 0) is 0 Å². The Morgan fingerprint density at radius 1 is 1.23 bits per heavy atom. The normalized spacial score (nSPS) is 10.6. The van der Waals surface area contributed by atoms with Crippen molar-refractivity contribution in [2.75, 3.05) is 0 Å². The first kappa shape index (κ1) is 13.9. The highest BCUT2D eigenvalue weighted by atomic mass is 16.4. The number of aromatic nitrogens is 4. The van der Waals surface area contributed by atoms with Gasteiger partial charge in [-0.15, -0.1) is 0 Å². The molecule has 1 aromatic carbocycles. The summed E-state index contributed by atoms with van der Waals surface area (Å²) >= 11 is 0. The van der Waals surface area contributed by atoms with E-state index in [1.54, 1.807) is 4.57 Å². The zero-order valence-electron chi connectivity index (χ0n) is 12.0. The van der Waals surface area contributed by atoms with Crippen molar-refractivity contribution in [1.29, 1.82) is 0 Å². The number of aryl methyl sites for hydroxylation is 1. The molecule has 0 aliphatic carbocycles. The molecular weight excluding hydrogens is 280 g/mol. The van der Waals surface area contributed by atoms with Gasteiger partial charge < -0.3 is 5.11 Å². The summed E-state index contributed by atoms with van der Waals surface area (Å²) in [5.41, 5.74) is 1.77. The summed E-state index contributed by atoms with van der Waals surface area (Å²) in [6, 6.07) is 11.6. The maximum Gasteiger partial charge on any atom is 0.356 e. The first-order valence-electron chi connectivity index (χ1n) is 6.88. The molecule has 22 heavy (non-hydrogen) atoms. The number of rotatable bonds is 4. The molecule has 2 heterocycles. The second kappa shape index (κ2) is 5.77. The SMILES string of the molecule is CCc1nc(-c2ccccc2)cc(-n2cnc(C(=O)O)c2)n1. The molecule has 3 rings (SSSR count). The lowest BCUT2D eigenvalue weighted by Crippen LogP contribution is -2.03. The number of nitrogens with zero attached hydrogens (tertiary/aromatic N) is 4. The molecule has 1 N–H and O–H groups in total. The van der Waals surface area contributed by atoms with E-state index in [0.717, 1.165) is 11.3 Å². The van der Waals surface area contributed by atoms with Crippen LogP contribution in [-0.2, 0) is 6.42 Å². The van der Waals surface area contributed by atoms with Crippen molar-refractivity contribution in [3.63, 3.8) is 0 Å². The Labute approximate surface area is 127 Å². The predicted molar refractivity (Wildman–Crippen MR) is 80.9 cm³/mol. The van der Waals surface area contributed by atoms with Gasteiger partial charge in [-0.3, -0.25) is 4.57 Å². The minimum absolute atomic E-state index is 0.0158. The van der Waals surface area contributed by atoms with E-state index < -0.39 is 5.97 Å². The van der Waals surface area contributed by atoms with Gasteiger partial charge in [0, 0.05) is 24.2 Å². The maximum absolute atomic E-state index is 10.9. The summed E-state index contributed by atoms with van der Waals surface area (Å²) in [6.45, 7) is 1.98. The first-order valence-corrected chi connectivity index (χ1v) is 6.88. The number of hydrogen-bond acceptors (Lipinski definition) is 4. The van der Waals surface area contributed by atoms with Crippen molar-refractivity contribution >= 4 is 5.97 Å². The van der Waals surface area contributed by atoms with Crippen LogP contribution in [-0.4, -0.2) is 30.6 Å². The molecule has 0 fully saturated rings. The van der Waals surface area contributed by atoms with Crippen LogP contribution in [0.4, 0.5) is 0 Å². The fourth-order valence-corrected chi connectivity index (χ4v) is 2.09. The third-order valence-corrected chi connectivity index (χ3v) is 3.21. The van der Waals surface area contributed by atoms with Gasteiger partial charge in [-0.25, -0.2) is 19.7 Å². The molecule has 6 heteroatoms. The Morgan fingerprint density at radius 3 is 2.64 bits per heavy atom. The molecule has 3 aromatic rings. The van der Waals surface area contributed by atoms with Gasteiger partial charge in [0.1, 0.15) is 18.0 Å². The Morgan fingerprint density at radius 2 is 2.00 bits per heavy atom. The van der Waals surface area contributed by atoms with E-state index in [1.807, 2.05) is 43.3 Å². The lowest BCUT2D eigenvalue weighted by Gasteiger charge is -2.07. The Bertz CT molecular complexity index is 812. The molecule has 0 aliphatic rings. The quantitative estimate of drug-likeness (QED) is 0.800. The number of carbonyl (C=O) groups is 1. The molecule has 0 unspecified atom stereocenters. The third kappa shape index (κ3) is 2.71. The highest BCUT2D eigenvalue weighted by Crippen LogP contribution is 2.19. The summed E-state index contributed by atoms with van der Waals surface area (Å²) in [7, 11) is 0. The van der Waals surface area contributed by atoms with Crippen LogP contribution >= 0.6 is 0 Å². The van der Waals surface area contributed by atoms with Crippen molar-refractivity contribution in [2.45, 2.75) is 13.3 Å². The second-order valence-electron chi connectivity index (χ2n) is 4.72. The van der Waals surface area contributed by atoms with Crippen LogP contribution in [0.5, 0.6) is 0 Å². The summed E-state index contributed by atoms with van der Waals surface area (Å²) in [5, 5.41) is 8.97. The summed E-state index contributed by atoms with van der Waals surface area (Å²) in [5.74, 6) is 0.236. The molecule has 0 amide bonds. The molecule has 0 spiro atoms. The van der Waals surface area contributed by atoms with E-state index >= 15 is 0 Å². The van der Waals surface area contributed by atoms with Crippen molar-refractivity contribution in [3.8, 4) is 17.1 Å². The van der Waals surface area contributed by atoms with Crippen LogP contribution in [0.2, 0.25) is 0 Å². The van der Waals surface area contributed by atoms with Crippen LogP contribution in [0.3, 0.4) is 0 Å². The van der Waals surface area contributed by atoms with E-state index in [4.69, 9.17) is 5.11 Å². The fraction of sp³-hybridized carbons (Fsp3) is 0.125. The third-order valence-electron chi connectivity index (χ3n) is 3.21. The van der Waals surface area contributed by atoms with Crippen LogP contribution in [0, 0.1) is 0 Å². The molecule has 0 saturated heterocycles.